The van der Waals surface area contributed by atoms with Crippen molar-refractivity contribution in [3.05, 3.63) is 48.5 Å². The largest absolute Gasteiger partial charge is 0.488 e. The van der Waals surface area contributed by atoms with E-state index in [2.05, 4.69) is 30.1 Å². The van der Waals surface area contributed by atoms with E-state index in [0.717, 1.165) is 22.1 Å². The topological polar surface area (TPSA) is 47.6 Å². The molecule has 1 saturated heterocycles. The summed E-state index contributed by atoms with van der Waals surface area (Å²) < 4.78 is 10.9. The Kier molecular flexibility index (Phi) is 5.64. The molecular formula is C18H20ClNO3. The Morgan fingerprint density at radius 1 is 1.30 bits per heavy atom. The van der Waals surface area contributed by atoms with Crippen molar-refractivity contribution in [1.82, 2.24) is 5.32 Å². The van der Waals surface area contributed by atoms with Gasteiger partial charge in [0.25, 0.3) is 0 Å². The van der Waals surface area contributed by atoms with Crippen LogP contribution in [0.5, 0.6) is 5.75 Å². The van der Waals surface area contributed by atoms with Gasteiger partial charge in [-0.15, -0.1) is 12.4 Å². The molecule has 0 amide bonds. The van der Waals surface area contributed by atoms with Crippen molar-refractivity contribution in [2.45, 2.75) is 18.6 Å². The smallest absolute Gasteiger partial charge is 0.323 e. The Morgan fingerprint density at radius 3 is 2.65 bits per heavy atom. The molecule has 0 radical (unpaired) electrons. The van der Waals surface area contributed by atoms with Crippen LogP contribution in [0.4, 0.5) is 0 Å². The van der Waals surface area contributed by atoms with E-state index in [1.165, 1.54) is 7.11 Å². The molecule has 122 valence electrons. The van der Waals surface area contributed by atoms with E-state index in [-0.39, 0.29) is 30.5 Å². The Labute approximate surface area is 141 Å². The quantitative estimate of drug-likeness (QED) is 0.873. The summed E-state index contributed by atoms with van der Waals surface area (Å²) in [5.41, 5.74) is 0.959. The first-order chi connectivity index (χ1) is 10.7. The highest BCUT2D eigenvalue weighted by Gasteiger charge is 2.31. The first kappa shape index (κ1) is 17.3. The zero-order valence-corrected chi connectivity index (χ0v) is 13.8. The van der Waals surface area contributed by atoms with Gasteiger partial charge in [0.05, 0.1) is 7.11 Å². The second kappa shape index (κ2) is 7.49. The highest BCUT2D eigenvalue weighted by Crippen LogP contribution is 2.29. The highest BCUT2D eigenvalue weighted by molar-refractivity contribution is 5.87. The first-order valence-corrected chi connectivity index (χ1v) is 7.34. The normalized spacial score (nSPS) is 19.9. The van der Waals surface area contributed by atoms with Crippen LogP contribution in [-0.4, -0.2) is 31.8 Å². The van der Waals surface area contributed by atoms with Crippen molar-refractivity contribution in [2.75, 3.05) is 13.7 Å². The minimum Gasteiger partial charge on any atom is -0.488 e. The molecule has 0 spiro atoms. The van der Waals surface area contributed by atoms with Gasteiger partial charge in [-0.2, -0.15) is 0 Å². The zero-order valence-electron chi connectivity index (χ0n) is 13.0. The maximum atomic E-state index is 11.6. The number of benzene rings is 2. The number of methoxy groups -OCH3 is 1. The van der Waals surface area contributed by atoms with Crippen LogP contribution in [0.2, 0.25) is 0 Å². The molecular weight excluding hydrogens is 314 g/mol. The highest BCUT2D eigenvalue weighted by atomic mass is 35.5. The summed E-state index contributed by atoms with van der Waals surface area (Å²) >= 11 is 0. The lowest BCUT2D eigenvalue weighted by molar-refractivity contribution is -0.142. The summed E-state index contributed by atoms with van der Waals surface area (Å²) in [6.07, 6.45) is 2.35. The molecule has 0 aliphatic carbocycles. The van der Waals surface area contributed by atoms with Gasteiger partial charge >= 0.3 is 5.97 Å². The van der Waals surface area contributed by atoms with E-state index >= 15 is 0 Å². The lowest BCUT2D eigenvalue weighted by atomic mass is 10.1. The first-order valence-electron chi connectivity index (χ1n) is 7.34. The van der Waals surface area contributed by atoms with Crippen molar-refractivity contribution < 1.29 is 14.3 Å². The lowest BCUT2D eigenvalue weighted by Crippen LogP contribution is -2.31. The zero-order chi connectivity index (χ0) is 15.5. The molecule has 1 fully saturated rings. The predicted octanol–water partition coefficient (Wildman–Crippen LogP) is 3.19. The van der Waals surface area contributed by atoms with E-state index in [0.29, 0.717) is 13.0 Å². The van der Waals surface area contributed by atoms with E-state index < -0.39 is 0 Å². The molecule has 5 heteroatoms. The second-order valence-corrected chi connectivity index (χ2v) is 5.40. The van der Waals surface area contributed by atoms with Crippen LogP contribution in [0.3, 0.4) is 0 Å². The van der Waals surface area contributed by atoms with Gasteiger partial charge in [-0.05, 0) is 22.9 Å². The summed E-state index contributed by atoms with van der Waals surface area (Å²) in [6.45, 7) is 4.49. The number of rotatable bonds is 4. The summed E-state index contributed by atoms with van der Waals surface area (Å²) in [5.74, 6) is 0.555. The fraction of sp³-hybridized carbons (Fsp3) is 0.278. The Morgan fingerprint density at radius 2 is 2.00 bits per heavy atom. The van der Waals surface area contributed by atoms with Crippen LogP contribution < -0.4 is 10.1 Å². The number of esters is 1. The molecule has 0 unspecified atom stereocenters. The minimum absolute atomic E-state index is 0. The molecule has 3 rings (SSSR count). The van der Waals surface area contributed by atoms with Crippen LogP contribution in [0.15, 0.2) is 43.0 Å². The molecule has 0 bridgehead atoms. The van der Waals surface area contributed by atoms with Gasteiger partial charge in [-0.1, -0.05) is 36.9 Å². The van der Waals surface area contributed by atoms with Crippen LogP contribution in [-0.2, 0) is 9.53 Å². The molecule has 1 heterocycles. The van der Waals surface area contributed by atoms with Crippen LogP contribution in [0.25, 0.3) is 16.8 Å². The van der Waals surface area contributed by atoms with Gasteiger partial charge in [0.2, 0.25) is 0 Å². The van der Waals surface area contributed by atoms with Crippen LogP contribution >= 0.6 is 12.4 Å². The van der Waals surface area contributed by atoms with Gasteiger partial charge in [-0.25, -0.2) is 0 Å². The monoisotopic (exact) mass is 333 g/mol. The lowest BCUT2D eigenvalue weighted by Gasteiger charge is -2.16. The minimum atomic E-state index is -0.289. The molecule has 1 N–H and O–H groups in total. The number of halogens is 1. The second-order valence-electron chi connectivity index (χ2n) is 5.40. The number of hydrogen-bond acceptors (Lipinski definition) is 4. The van der Waals surface area contributed by atoms with Gasteiger partial charge in [0.15, 0.2) is 0 Å². The molecule has 2 atom stereocenters. The van der Waals surface area contributed by atoms with E-state index in [1.54, 1.807) is 6.08 Å². The maximum Gasteiger partial charge on any atom is 0.323 e. The third-order valence-electron chi connectivity index (χ3n) is 3.97. The summed E-state index contributed by atoms with van der Waals surface area (Å²) in [4.78, 5) is 11.6. The Bertz CT molecular complexity index is 716. The van der Waals surface area contributed by atoms with E-state index in [4.69, 9.17) is 9.47 Å². The van der Waals surface area contributed by atoms with Crippen LogP contribution in [0.1, 0.15) is 12.0 Å². The van der Waals surface area contributed by atoms with Crippen molar-refractivity contribution in [3.8, 4) is 5.75 Å². The molecule has 2 aromatic rings. The molecule has 0 aromatic heterocycles. The third-order valence-corrected chi connectivity index (χ3v) is 3.97. The number of hydrogen-bond donors (Lipinski definition) is 1. The third kappa shape index (κ3) is 3.66. The van der Waals surface area contributed by atoms with Crippen molar-refractivity contribution in [3.63, 3.8) is 0 Å². The van der Waals surface area contributed by atoms with Gasteiger partial charge in [-0.3, -0.25) is 4.79 Å². The number of carbonyl (C=O) groups is 1. The molecule has 1 aliphatic heterocycles. The number of carbonyl (C=O) groups excluding carboxylic acids is 1. The predicted molar refractivity (Wildman–Crippen MR) is 94.1 cm³/mol. The fourth-order valence-electron chi connectivity index (χ4n) is 2.79. The van der Waals surface area contributed by atoms with Crippen molar-refractivity contribution in [1.29, 1.82) is 0 Å². The summed E-state index contributed by atoms with van der Waals surface area (Å²) in [6, 6.07) is 11.9. The fourth-order valence-corrected chi connectivity index (χ4v) is 2.79. The van der Waals surface area contributed by atoms with E-state index in [1.807, 2.05) is 18.2 Å². The average Bonchev–Trinajstić information content (AvgIpc) is 3.02. The van der Waals surface area contributed by atoms with Crippen molar-refractivity contribution >= 4 is 35.2 Å². The Balaban J connectivity index is 0.00000192. The van der Waals surface area contributed by atoms with Crippen LogP contribution in [0, 0.1) is 0 Å². The SMILES string of the molecule is C=Cc1cc2ccccc2cc1O[C@H]1CN[C@H](C(=O)OC)C1.Cl. The number of ether oxygens (including phenoxy) is 2. The van der Waals surface area contributed by atoms with Crippen molar-refractivity contribution in [2.24, 2.45) is 0 Å². The summed E-state index contributed by atoms with van der Waals surface area (Å²) in [5, 5.41) is 5.40. The molecule has 0 saturated carbocycles. The molecule has 4 nitrogen and oxygen atoms in total. The van der Waals surface area contributed by atoms with Gasteiger partial charge < -0.3 is 14.8 Å². The standard InChI is InChI=1S/C18H19NO3.ClH/c1-3-12-8-13-6-4-5-7-14(13)9-17(12)22-15-10-16(19-11-15)18(20)21-2;/h3-9,15-16,19H,1,10-11H2,2H3;1H/t15-,16+;/m1./s1. The maximum absolute atomic E-state index is 11.6. The van der Waals surface area contributed by atoms with E-state index in [9.17, 15) is 4.79 Å². The molecule has 2 aromatic carbocycles. The molecule has 1 aliphatic rings. The Hall–Kier alpha value is -2.04. The van der Waals surface area contributed by atoms with Gasteiger partial charge in [0.1, 0.15) is 17.9 Å². The average molecular weight is 334 g/mol. The van der Waals surface area contributed by atoms with Gasteiger partial charge in [0, 0.05) is 18.5 Å². The summed E-state index contributed by atoms with van der Waals surface area (Å²) in [7, 11) is 1.40. The number of fused-ring (bicyclic) bond motifs is 1. The number of nitrogens with one attached hydrogen (secondary N) is 1. The molecule has 23 heavy (non-hydrogen) atoms.